The van der Waals surface area contributed by atoms with Crippen LogP contribution in [0.1, 0.15) is 59.2 Å². The number of rotatable bonds is 11. The van der Waals surface area contributed by atoms with Crippen LogP contribution in [0.4, 0.5) is 0 Å². The smallest absolute Gasteiger partial charge is 0.243 e. The first-order valence-electron chi connectivity index (χ1n) is 12.1. The molecule has 0 saturated carbocycles. The highest BCUT2D eigenvalue weighted by molar-refractivity contribution is 7.89. The lowest BCUT2D eigenvalue weighted by molar-refractivity contribution is -0.121. The van der Waals surface area contributed by atoms with Crippen molar-refractivity contribution in [2.75, 3.05) is 26.3 Å². The first-order chi connectivity index (χ1) is 15.7. The normalized spacial score (nSPS) is 16.4. The Hall–Kier alpha value is -1.97. The molecule has 3 rings (SSSR count). The number of nitrogens with zero attached hydrogens (tertiary/aromatic N) is 3. The number of amides is 1. The van der Waals surface area contributed by atoms with Crippen LogP contribution in [0.2, 0.25) is 0 Å². The third-order valence-corrected chi connectivity index (χ3v) is 8.02. The number of aryl methyl sites for hydroxylation is 2. The van der Waals surface area contributed by atoms with Crippen LogP contribution in [0.5, 0.6) is 0 Å². The maximum atomic E-state index is 13.0. The molecule has 1 fully saturated rings. The number of imidazole rings is 1. The Morgan fingerprint density at radius 3 is 2.58 bits per heavy atom. The lowest BCUT2D eigenvalue weighted by atomic mass is 10.0. The van der Waals surface area contributed by atoms with Gasteiger partial charge in [-0.15, -0.1) is 0 Å². The molecule has 1 saturated heterocycles. The van der Waals surface area contributed by atoms with Gasteiger partial charge in [0.2, 0.25) is 15.9 Å². The van der Waals surface area contributed by atoms with Crippen molar-refractivity contribution in [3.8, 4) is 0 Å². The quantitative estimate of drug-likeness (QED) is 0.535. The summed E-state index contributed by atoms with van der Waals surface area (Å²) >= 11 is 0. The predicted octanol–water partition coefficient (Wildman–Crippen LogP) is 3.34. The molecule has 1 aliphatic heterocycles. The summed E-state index contributed by atoms with van der Waals surface area (Å²) in [6.07, 6.45) is 4.14. The molecular formula is C24H38N4O4S. The Labute approximate surface area is 197 Å². The SMILES string of the molecule is CCn1c(CCC(=O)NC(C)CCCC(C)C)nc2cc(S(=O)(=O)N3CCOCC3)ccc21. The van der Waals surface area contributed by atoms with E-state index in [-0.39, 0.29) is 16.8 Å². The number of nitrogens with one attached hydrogen (secondary N) is 1. The summed E-state index contributed by atoms with van der Waals surface area (Å²) in [5.41, 5.74) is 1.53. The highest BCUT2D eigenvalue weighted by Crippen LogP contribution is 2.24. The first kappa shape index (κ1) is 25.6. The van der Waals surface area contributed by atoms with Crippen LogP contribution >= 0.6 is 0 Å². The van der Waals surface area contributed by atoms with E-state index in [4.69, 9.17) is 9.72 Å². The lowest BCUT2D eigenvalue weighted by Crippen LogP contribution is -2.40. The van der Waals surface area contributed by atoms with E-state index in [2.05, 4.69) is 30.7 Å². The van der Waals surface area contributed by atoms with Crippen LogP contribution in [0.25, 0.3) is 11.0 Å². The second kappa shape index (κ2) is 11.4. The van der Waals surface area contributed by atoms with Crippen molar-refractivity contribution >= 4 is 27.0 Å². The molecule has 0 aliphatic carbocycles. The monoisotopic (exact) mass is 478 g/mol. The second-order valence-corrected chi connectivity index (χ2v) is 11.2. The maximum Gasteiger partial charge on any atom is 0.243 e. The third-order valence-electron chi connectivity index (χ3n) is 6.12. The van der Waals surface area contributed by atoms with Crippen molar-refractivity contribution in [3.63, 3.8) is 0 Å². The number of carbonyl (C=O) groups is 1. The zero-order valence-electron chi connectivity index (χ0n) is 20.3. The van der Waals surface area contributed by atoms with E-state index in [9.17, 15) is 13.2 Å². The summed E-state index contributed by atoms with van der Waals surface area (Å²) in [6, 6.07) is 5.27. The third kappa shape index (κ3) is 6.55. The summed E-state index contributed by atoms with van der Waals surface area (Å²) in [6.45, 7) is 10.8. The van der Waals surface area contributed by atoms with Gasteiger partial charge in [0, 0.05) is 38.5 Å². The maximum absolute atomic E-state index is 13.0. The van der Waals surface area contributed by atoms with E-state index in [0.29, 0.717) is 57.1 Å². The molecule has 33 heavy (non-hydrogen) atoms. The number of sulfonamides is 1. The van der Waals surface area contributed by atoms with Crippen LogP contribution in [-0.2, 0) is 32.5 Å². The molecule has 9 heteroatoms. The standard InChI is InChI=1S/C24H38N4O4S/c1-5-28-22-10-9-20(33(30,31)27-13-15-32-16-14-27)17-21(22)26-23(28)11-12-24(29)25-19(4)8-6-7-18(2)3/h9-10,17-19H,5-8,11-16H2,1-4H3,(H,25,29). The van der Waals surface area contributed by atoms with E-state index in [1.54, 1.807) is 12.1 Å². The first-order valence-corrected chi connectivity index (χ1v) is 13.5. The molecule has 184 valence electrons. The van der Waals surface area contributed by atoms with Gasteiger partial charge >= 0.3 is 0 Å². The number of hydrogen-bond acceptors (Lipinski definition) is 5. The molecule has 1 aromatic heterocycles. The van der Waals surface area contributed by atoms with Crippen LogP contribution in [0, 0.1) is 5.92 Å². The molecular weight excluding hydrogens is 440 g/mol. The molecule has 0 bridgehead atoms. The summed E-state index contributed by atoms with van der Waals surface area (Å²) in [5.74, 6) is 1.51. The van der Waals surface area contributed by atoms with E-state index in [0.717, 1.165) is 24.2 Å². The largest absolute Gasteiger partial charge is 0.379 e. The highest BCUT2D eigenvalue weighted by atomic mass is 32.2. The minimum absolute atomic E-state index is 0.0253. The summed E-state index contributed by atoms with van der Waals surface area (Å²) in [5, 5.41) is 3.09. The van der Waals surface area contributed by atoms with E-state index in [1.165, 1.54) is 10.7 Å². The van der Waals surface area contributed by atoms with E-state index >= 15 is 0 Å². The number of aromatic nitrogens is 2. The fraction of sp³-hybridized carbons (Fsp3) is 0.667. The number of ether oxygens (including phenoxy) is 1. The van der Waals surface area contributed by atoms with Gasteiger partial charge in [0.25, 0.3) is 0 Å². The zero-order valence-corrected chi connectivity index (χ0v) is 21.2. The van der Waals surface area contributed by atoms with Crippen LogP contribution in [0.15, 0.2) is 23.1 Å². The number of benzene rings is 1. The second-order valence-electron chi connectivity index (χ2n) is 9.23. The van der Waals surface area contributed by atoms with Crippen molar-refractivity contribution in [3.05, 3.63) is 24.0 Å². The molecule has 1 N–H and O–H groups in total. The molecule has 1 atom stereocenters. The van der Waals surface area contributed by atoms with Crippen LogP contribution in [-0.4, -0.2) is 60.5 Å². The predicted molar refractivity (Wildman–Crippen MR) is 130 cm³/mol. The average Bonchev–Trinajstić information content (AvgIpc) is 3.14. The average molecular weight is 479 g/mol. The Morgan fingerprint density at radius 1 is 1.18 bits per heavy atom. The molecule has 8 nitrogen and oxygen atoms in total. The molecule has 1 aromatic carbocycles. The highest BCUT2D eigenvalue weighted by Gasteiger charge is 2.27. The Morgan fingerprint density at radius 2 is 1.91 bits per heavy atom. The van der Waals surface area contributed by atoms with Crippen molar-refractivity contribution < 1.29 is 17.9 Å². The molecule has 2 heterocycles. The topological polar surface area (TPSA) is 93.5 Å². The van der Waals surface area contributed by atoms with E-state index in [1.807, 2.05) is 13.0 Å². The van der Waals surface area contributed by atoms with Crippen LogP contribution < -0.4 is 5.32 Å². The number of morpholine rings is 1. The van der Waals surface area contributed by atoms with Crippen molar-refractivity contribution in [2.45, 2.75) is 77.3 Å². The van der Waals surface area contributed by atoms with Gasteiger partial charge in [-0.05, 0) is 44.4 Å². The van der Waals surface area contributed by atoms with Crippen molar-refractivity contribution in [2.24, 2.45) is 5.92 Å². The van der Waals surface area contributed by atoms with Crippen molar-refractivity contribution in [1.29, 1.82) is 0 Å². The molecule has 0 radical (unpaired) electrons. The fourth-order valence-corrected chi connectivity index (χ4v) is 5.70. The minimum atomic E-state index is -3.58. The molecule has 1 amide bonds. The van der Waals surface area contributed by atoms with Crippen LogP contribution in [0.3, 0.4) is 0 Å². The van der Waals surface area contributed by atoms with Gasteiger partial charge in [-0.3, -0.25) is 4.79 Å². The van der Waals surface area contributed by atoms with Gasteiger partial charge in [0.15, 0.2) is 0 Å². The van der Waals surface area contributed by atoms with Gasteiger partial charge in [-0.25, -0.2) is 13.4 Å². The zero-order chi connectivity index (χ0) is 24.0. The van der Waals surface area contributed by atoms with Gasteiger partial charge in [-0.1, -0.05) is 26.7 Å². The Balaban J connectivity index is 1.67. The molecule has 0 spiro atoms. The number of fused-ring (bicyclic) bond motifs is 1. The fourth-order valence-electron chi connectivity index (χ4n) is 4.28. The summed E-state index contributed by atoms with van der Waals surface area (Å²) in [4.78, 5) is 17.4. The lowest BCUT2D eigenvalue weighted by Gasteiger charge is -2.26. The molecule has 1 aliphatic rings. The summed E-state index contributed by atoms with van der Waals surface area (Å²) in [7, 11) is -3.58. The van der Waals surface area contributed by atoms with Crippen molar-refractivity contribution in [1.82, 2.24) is 19.2 Å². The summed E-state index contributed by atoms with van der Waals surface area (Å²) < 4.78 is 34.8. The molecule has 1 unspecified atom stereocenters. The Bertz CT molecular complexity index is 1040. The molecule has 2 aromatic rings. The number of carbonyl (C=O) groups excluding carboxylic acids is 1. The van der Waals surface area contributed by atoms with Gasteiger partial charge in [0.05, 0.1) is 29.1 Å². The van der Waals surface area contributed by atoms with Gasteiger partial charge in [0.1, 0.15) is 5.82 Å². The van der Waals surface area contributed by atoms with E-state index < -0.39 is 10.0 Å². The Kier molecular flexibility index (Phi) is 8.89. The number of hydrogen-bond donors (Lipinski definition) is 1. The van der Waals surface area contributed by atoms with Gasteiger partial charge < -0.3 is 14.6 Å². The minimum Gasteiger partial charge on any atom is -0.379 e. The van der Waals surface area contributed by atoms with Gasteiger partial charge in [-0.2, -0.15) is 4.31 Å².